The van der Waals surface area contributed by atoms with Crippen molar-refractivity contribution in [3.63, 3.8) is 0 Å². The van der Waals surface area contributed by atoms with Crippen molar-refractivity contribution in [3.8, 4) is 11.5 Å². The zero-order valence-corrected chi connectivity index (χ0v) is 11.6. The van der Waals surface area contributed by atoms with E-state index in [4.69, 9.17) is 15.2 Å². The summed E-state index contributed by atoms with van der Waals surface area (Å²) in [5.74, 6) is 1.82. The monoisotopic (exact) mass is 269 g/mol. The first-order chi connectivity index (χ1) is 9.72. The molecule has 1 heterocycles. The molecule has 1 unspecified atom stereocenters. The molecule has 3 rings (SSSR count). The average molecular weight is 269 g/mol. The highest BCUT2D eigenvalue weighted by molar-refractivity contribution is 5.37. The Bertz CT molecular complexity index is 570. The van der Waals surface area contributed by atoms with Crippen molar-refractivity contribution in [1.82, 2.24) is 0 Å². The number of benzene rings is 2. The molecule has 3 heteroatoms. The van der Waals surface area contributed by atoms with Gasteiger partial charge < -0.3 is 15.2 Å². The lowest BCUT2D eigenvalue weighted by Crippen LogP contribution is -2.22. The maximum Gasteiger partial charge on any atom is 0.137 e. The summed E-state index contributed by atoms with van der Waals surface area (Å²) < 4.78 is 11.7. The standard InChI is InChI=1S/C17H19NO2/c1-12(18)13-6-4-7-15(9-13)19-11-16-10-14-5-2-3-8-17(14)20-16/h2-9,12,16H,10-11,18H2,1H3/t12-,16?/m0/s1. The van der Waals surface area contributed by atoms with Gasteiger partial charge in [-0.2, -0.15) is 0 Å². The third kappa shape index (κ3) is 2.78. The van der Waals surface area contributed by atoms with Crippen molar-refractivity contribution in [1.29, 1.82) is 0 Å². The molecule has 0 spiro atoms. The van der Waals surface area contributed by atoms with Crippen LogP contribution in [0.1, 0.15) is 24.1 Å². The molecule has 0 bridgehead atoms. The van der Waals surface area contributed by atoms with Gasteiger partial charge in [-0.1, -0.05) is 30.3 Å². The summed E-state index contributed by atoms with van der Waals surface area (Å²) in [4.78, 5) is 0. The molecule has 0 saturated carbocycles. The molecule has 0 saturated heterocycles. The number of para-hydroxylation sites is 1. The number of hydrogen-bond acceptors (Lipinski definition) is 3. The van der Waals surface area contributed by atoms with Crippen molar-refractivity contribution in [3.05, 3.63) is 59.7 Å². The lowest BCUT2D eigenvalue weighted by molar-refractivity contribution is 0.148. The van der Waals surface area contributed by atoms with E-state index in [1.165, 1.54) is 5.56 Å². The van der Waals surface area contributed by atoms with Crippen LogP contribution in [-0.2, 0) is 6.42 Å². The van der Waals surface area contributed by atoms with Crippen molar-refractivity contribution in [2.45, 2.75) is 25.5 Å². The SMILES string of the molecule is C[C@H](N)c1cccc(OCC2Cc3ccccc3O2)c1. The molecule has 2 aromatic carbocycles. The Morgan fingerprint density at radius 3 is 2.90 bits per heavy atom. The van der Waals surface area contributed by atoms with Crippen LogP contribution in [0.2, 0.25) is 0 Å². The minimum Gasteiger partial charge on any atom is -0.490 e. The van der Waals surface area contributed by atoms with Gasteiger partial charge in [0.2, 0.25) is 0 Å². The van der Waals surface area contributed by atoms with E-state index in [0.29, 0.717) is 6.61 Å². The fraction of sp³-hybridized carbons (Fsp3) is 0.294. The average Bonchev–Trinajstić information content (AvgIpc) is 2.88. The van der Waals surface area contributed by atoms with Gasteiger partial charge in [0.05, 0.1) is 0 Å². The summed E-state index contributed by atoms with van der Waals surface area (Å²) in [5.41, 5.74) is 8.21. The van der Waals surface area contributed by atoms with E-state index < -0.39 is 0 Å². The highest BCUT2D eigenvalue weighted by Crippen LogP contribution is 2.28. The molecule has 0 radical (unpaired) electrons. The lowest BCUT2D eigenvalue weighted by Gasteiger charge is -2.14. The first kappa shape index (κ1) is 13.0. The quantitative estimate of drug-likeness (QED) is 0.927. The van der Waals surface area contributed by atoms with Gasteiger partial charge in [0, 0.05) is 12.5 Å². The minimum atomic E-state index is 0.0190. The molecule has 2 atom stereocenters. The van der Waals surface area contributed by atoms with E-state index in [2.05, 4.69) is 6.07 Å². The van der Waals surface area contributed by atoms with Crippen molar-refractivity contribution in [2.75, 3.05) is 6.61 Å². The minimum absolute atomic E-state index is 0.0190. The normalized spacial score (nSPS) is 18.2. The Morgan fingerprint density at radius 1 is 1.25 bits per heavy atom. The molecule has 1 aliphatic heterocycles. The number of hydrogen-bond donors (Lipinski definition) is 1. The third-order valence-corrected chi connectivity index (χ3v) is 3.53. The van der Waals surface area contributed by atoms with Gasteiger partial charge in [-0.25, -0.2) is 0 Å². The number of ether oxygens (including phenoxy) is 2. The highest BCUT2D eigenvalue weighted by atomic mass is 16.5. The zero-order valence-electron chi connectivity index (χ0n) is 11.6. The molecule has 1 aliphatic rings. The molecule has 2 aromatic rings. The zero-order chi connectivity index (χ0) is 13.9. The van der Waals surface area contributed by atoms with Gasteiger partial charge in [-0.05, 0) is 36.2 Å². The van der Waals surface area contributed by atoms with Gasteiger partial charge in [0.25, 0.3) is 0 Å². The van der Waals surface area contributed by atoms with Crippen LogP contribution < -0.4 is 15.2 Å². The van der Waals surface area contributed by atoms with E-state index in [1.54, 1.807) is 0 Å². The summed E-state index contributed by atoms with van der Waals surface area (Å²) >= 11 is 0. The molecule has 3 nitrogen and oxygen atoms in total. The maximum atomic E-state index is 5.88. The van der Waals surface area contributed by atoms with Crippen LogP contribution in [0, 0.1) is 0 Å². The largest absolute Gasteiger partial charge is 0.490 e. The molecule has 0 aromatic heterocycles. The molecule has 0 aliphatic carbocycles. The molecular formula is C17H19NO2. The smallest absolute Gasteiger partial charge is 0.137 e. The highest BCUT2D eigenvalue weighted by Gasteiger charge is 2.22. The summed E-state index contributed by atoms with van der Waals surface area (Å²) in [6.45, 7) is 2.52. The van der Waals surface area contributed by atoms with Crippen LogP contribution >= 0.6 is 0 Å². The van der Waals surface area contributed by atoms with Crippen LogP contribution in [0.15, 0.2) is 48.5 Å². The fourth-order valence-electron chi connectivity index (χ4n) is 2.42. The summed E-state index contributed by atoms with van der Waals surface area (Å²) in [6, 6.07) is 16.1. The van der Waals surface area contributed by atoms with Crippen LogP contribution in [0.4, 0.5) is 0 Å². The molecule has 104 valence electrons. The molecule has 0 amide bonds. The molecule has 0 fully saturated rings. The van der Waals surface area contributed by atoms with Crippen molar-refractivity contribution in [2.24, 2.45) is 5.73 Å². The first-order valence-corrected chi connectivity index (χ1v) is 6.95. The van der Waals surface area contributed by atoms with Gasteiger partial charge in [-0.15, -0.1) is 0 Å². The second-order valence-electron chi connectivity index (χ2n) is 5.22. The van der Waals surface area contributed by atoms with Gasteiger partial charge in [0.15, 0.2) is 0 Å². The maximum absolute atomic E-state index is 5.88. The first-order valence-electron chi connectivity index (χ1n) is 6.95. The van der Waals surface area contributed by atoms with E-state index in [1.807, 2.05) is 49.4 Å². The number of rotatable bonds is 4. The number of nitrogens with two attached hydrogens (primary N) is 1. The van der Waals surface area contributed by atoms with Gasteiger partial charge in [-0.3, -0.25) is 0 Å². The van der Waals surface area contributed by atoms with E-state index in [-0.39, 0.29) is 12.1 Å². The summed E-state index contributed by atoms with van der Waals surface area (Å²) in [7, 11) is 0. The van der Waals surface area contributed by atoms with Crippen LogP contribution in [-0.4, -0.2) is 12.7 Å². The Kier molecular flexibility index (Phi) is 3.61. The van der Waals surface area contributed by atoms with Gasteiger partial charge >= 0.3 is 0 Å². The topological polar surface area (TPSA) is 44.5 Å². The van der Waals surface area contributed by atoms with Crippen molar-refractivity contribution < 1.29 is 9.47 Å². The summed E-state index contributed by atoms with van der Waals surface area (Å²) in [6.07, 6.45) is 0.995. The lowest BCUT2D eigenvalue weighted by atomic mass is 10.1. The molecule has 20 heavy (non-hydrogen) atoms. The molecular weight excluding hydrogens is 250 g/mol. The third-order valence-electron chi connectivity index (χ3n) is 3.53. The van der Waals surface area contributed by atoms with Crippen LogP contribution in [0.25, 0.3) is 0 Å². The van der Waals surface area contributed by atoms with E-state index in [0.717, 1.165) is 23.5 Å². The second kappa shape index (κ2) is 5.55. The second-order valence-corrected chi connectivity index (χ2v) is 5.22. The fourth-order valence-corrected chi connectivity index (χ4v) is 2.42. The Balaban J connectivity index is 1.60. The summed E-state index contributed by atoms with van der Waals surface area (Å²) in [5, 5.41) is 0. The predicted molar refractivity (Wildman–Crippen MR) is 79.1 cm³/mol. The Morgan fingerprint density at radius 2 is 2.10 bits per heavy atom. The Labute approximate surface area is 119 Å². The van der Waals surface area contributed by atoms with Gasteiger partial charge in [0.1, 0.15) is 24.2 Å². The van der Waals surface area contributed by atoms with E-state index in [9.17, 15) is 0 Å². The predicted octanol–water partition coefficient (Wildman–Crippen LogP) is 3.09. The van der Waals surface area contributed by atoms with Crippen molar-refractivity contribution >= 4 is 0 Å². The van der Waals surface area contributed by atoms with Crippen LogP contribution in [0.3, 0.4) is 0 Å². The number of fused-ring (bicyclic) bond motifs is 1. The molecule has 2 N–H and O–H groups in total. The Hall–Kier alpha value is -2.00. The van der Waals surface area contributed by atoms with E-state index >= 15 is 0 Å². The van der Waals surface area contributed by atoms with Crippen LogP contribution in [0.5, 0.6) is 11.5 Å².